The lowest BCUT2D eigenvalue weighted by Gasteiger charge is -2.32. The Kier molecular flexibility index (Phi) is 2.63. The molecular formula is C12H18BNO3. The minimum absolute atomic E-state index is 0.156. The number of aromatic hydroxyl groups is 1. The number of phenolic OH excluding ortho intramolecular Hbond substituents is 1. The second kappa shape index (κ2) is 3.65. The molecule has 1 aliphatic rings. The van der Waals surface area contributed by atoms with Gasteiger partial charge in [-0.15, -0.1) is 0 Å². The zero-order valence-corrected chi connectivity index (χ0v) is 10.7. The van der Waals surface area contributed by atoms with Crippen LogP contribution in [-0.4, -0.2) is 23.4 Å². The van der Waals surface area contributed by atoms with E-state index in [0.717, 1.165) is 0 Å². The number of anilines is 1. The standard InChI is InChI=1S/C12H18BNO3/c1-11(2)12(3,4)17-13(16-11)9-7-8(15)5-6-10(9)14/h5-7,15H,14H2,1-4H3. The Labute approximate surface area is 102 Å². The van der Waals surface area contributed by atoms with E-state index < -0.39 is 18.3 Å². The Hall–Kier alpha value is -1.20. The van der Waals surface area contributed by atoms with Crippen LogP contribution < -0.4 is 11.2 Å². The molecule has 0 bridgehead atoms. The van der Waals surface area contributed by atoms with Gasteiger partial charge in [-0.3, -0.25) is 0 Å². The third kappa shape index (κ3) is 2.00. The van der Waals surface area contributed by atoms with Crippen molar-refractivity contribution in [3.05, 3.63) is 18.2 Å². The molecule has 17 heavy (non-hydrogen) atoms. The van der Waals surface area contributed by atoms with Crippen LogP contribution in [0.15, 0.2) is 18.2 Å². The summed E-state index contributed by atoms with van der Waals surface area (Å²) >= 11 is 0. The van der Waals surface area contributed by atoms with Gasteiger partial charge in [-0.05, 0) is 45.9 Å². The maximum atomic E-state index is 9.49. The number of phenols is 1. The fraction of sp³-hybridized carbons (Fsp3) is 0.500. The minimum Gasteiger partial charge on any atom is -0.508 e. The monoisotopic (exact) mass is 235 g/mol. The molecule has 92 valence electrons. The Balaban J connectivity index is 2.35. The molecule has 0 radical (unpaired) electrons. The van der Waals surface area contributed by atoms with E-state index in [2.05, 4.69) is 0 Å². The molecule has 0 aromatic heterocycles. The number of hydrogen-bond donors (Lipinski definition) is 2. The second-order valence-electron chi connectivity index (χ2n) is 5.40. The van der Waals surface area contributed by atoms with Crippen molar-refractivity contribution in [1.29, 1.82) is 0 Å². The smallest absolute Gasteiger partial charge is 0.497 e. The molecule has 0 atom stereocenters. The van der Waals surface area contributed by atoms with Crippen molar-refractivity contribution >= 4 is 18.3 Å². The number of benzene rings is 1. The number of nitrogens with two attached hydrogens (primary N) is 1. The largest absolute Gasteiger partial charge is 0.508 e. The highest BCUT2D eigenvalue weighted by molar-refractivity contribution is 6.63. The summed E-state index contributed by atoms with van der Waals surface area (Å²) in [5.74, 6) is 0.156. The summed E-state index contributed by atoms with van der Waals surface area (Å²) in [5.41, 5.74) is 6.29. The van der Waals surface area contributed by atoms with Crippen molar-refractivity contribution in [3.8, 4) is 5.75 Å². The molecule has 0 aliphatic carbocycles. The van der Waals surface area contributed by atoms with Crippen LogP contribution in [0, 0.1) is 0 Å². The molecule has 0 spiro atoms. The van der Waals surface area contributed by atoms with Crippen molar-refractivity contribution in [1.82, 2.24) is 0 Å². The van der Waals surface area contributed by atoms with E-state index in [1.54, 1.807) is 18.2 Å². The lowest BCUT2D eigenvalue weighted by atomic mass is 9.78. The average Bonchev–Trinajstić information content (AvgIpc) is 2.40. The molecule has 0 amide bonds. The van der Waals surface area contributed by atoms with Gasteiger partial charge in [0, 0.05) is 11.2 Å². The zero-order valence-electron chi connectivity index (χ0n) is 10.7. The normalized spacial score (nSPS) is 21.8. The maximum Gasteiger partial charge on any atom is 0.497 e. The Morgan fingerprint density at radius 3 is 2.18 bits per heavy atom. The van der Waals surface area contributed by atoms with Gasteiger partial charge in [0.15, 0.2) is 0 Å². The highest BCUT2D eigenvalue weighted by Crippen LogP contribution is 2.37. The van der Waals surface area contributed by atoms with Crippen LogP contribution in [0.2, 0.25) is 0 Å². The molecule has 1 aromatic carbocycles. The Bertz CT molecular complexity index is 429. The molecule has 1 aromatic rings. The molecular weight excluding hydrogens is 217 g/mol. The molecule has 1 saturated heterocycles. The van der Waals surface area contributed by atoms with Crippen molar-refractivity contribution < 1.29 is 14.4 Å². The Morgan fingerprint density at radius 1 is 1.12 bits per heavy atom. The summed E-state index contributed by atoms with van der Waals surface area (Å²) < 4.78 is 11.7. The molecule has 5 heteroatoms. The van der Waals surface area contributed by atoms with Gasteiger partial charge in [0.25, 0.3) is 0 Å². The van der Waals surface area contributed by atoms with Crippen LogP contribution >= 0.6 is 0 Å². The van der Waals surface area contributed by atoms with Crippen molar-refractivity contribution in [3.63, 3.8) is 0 Å². The first-order valence-corrected chi connectivity index (χ1v) is 5.67. The molecule has 1 aliphatic heterocycles. The lowest BCUT2D eigenvalue weighted by Crippen LogP contribution is -2.41. The third-order valence-electron chi connectivity index (χ3n) is 3.58. The predicted molar refractivity (Wildman–Crippen MR) is 68.2 cm³/mol. The second-order valence-corrected chi connectivity index (χ2v) is 5.40. The summed E-state index contributed by atoms with van der Waals surface area (Å²) in [6.07, 6.45) is 0. The number of hydrogen-bond acceptors (Lipinski definition) is 4. The maximum absolute atomic E-state index is 9.49. The van der Waals surface area contributed by atoms with Gasteiger partial charge in [-0.25, -0.2) is 0 Å². The zero-order chi connectivity index (χ0) is 12.8. The fourth-order valence-electron chi connectivity index (χ4n) is 1.74. The van der Waals surface area contributed by atoms with Crippen LogP contribution in [0.25, 0.3) is 0 Å². The molecule has 0 saturated carbocycles. The summed E-state index contributed by atoms with van der Waals surface area (Å²) in [6.45, 7) is 7.91. The van der Waals surface area contributed by atoms with Crippen LogP contribution in [0.1, 0.15) is 27.7 Å². The summed E-state index contributed by atoms with van der Waals surface area (Å²) in [6, 6.07) is 4.78. The summed E-state index contributed by atoms with van der Waals surface area (Å²) in [5, 5.41) is 9.49. The van der Waals surface area contributed by atoms with Crippen LogP contribution in [0.4, 0.5) is 5.69 Å². The average molecular weight is 235 g/mol. The van der Waals surface area contributed by atoms with E-state index in [4.69, 9.17) is 15.0 Å². The highest BCUT2D eigenvalue weighted by Gasteiger charge is 2.52. The van der Waals surface area contributed by atoms with E-state index in [1.807, 2.05) is 27.7 Å². The quantitative estimate of drug-likeness (QED) is 0.437. The number of rotatable bonds is 1. The van der Waals surface area contributed by atoms with E-state index in [9.17, 15) is 5.11 Å². The van der Waals surface area contributed by atoms with Gasteiger partial charge < -0.3 is 20.1 Å². The minimum atomic E-state index is -0.535. The van der Waals surface area contributed by atoms with Gasteiger partial charge in [-0.2, -0.15) is 0 Å². The summed E-state index contributed by atoms with van der Waals surface area (Å²) in [4.78, 5) is 0. The first-order chi connectivity index (χ1) is 7.73. The molecule has 3 N–H and O–H groups in total. The van der Waals surface area contributed by atoms with E-state index in [-0.39, 0.29) is 5.75 Å². The van der Waals surface area contributed by atoms with Crippen molar-refractivity contribution in [2.24, 2.45) is 0 Å². The van der Waals surface area contributed by atoms with Gasteiger partial charge in [0.2, 0.25) is 0 Å². The predicted octanol–water partition coefficient (Wildman–Crippen LogP) is 1.27. The summed E-state index contributed by atoms with van der Waals surface area (Å²) in [7, 11) is -0.535. The van der Waals surface area contributed by atoms with Gasteiger partial charge in [-0.1, -0.05) is 0 Å². The van der Waals surface area contributed by atoms with Crippen LogP contribution in [0.5, 0.6) is 5.75 Å². The fourth-order valence-corrected chi connectivity index (χ4v) is 1.74. The topological polar surface area (TPSA) is 64.7 Å². The van der Waals surface area contributed by atoms with E-state index in [1.165, 1.54) is 0 Å². The van der Waals surface area contributed by atoms with Crippen LogP contribution in [0.3, 0.4) is 0 Å². The molecule has 2 rings (SSSR count). The highest BCUT2D eigenvalue weighted by atomic mass is 16.7. The van der Waals surface area contributed by atoms with Gasteiger partial charge >= 0.3 is 7.12 Å². The SMILES string of the molecule is CC1(C)OB(c2cc(O)ccc2N)OC1(C)C. The van der Waals surface area contributed by atoms with E-state index >= 15 is 0 Å². The van der Waals surface area contributed by atoms with Crippen molar-refractivity contribution in [2.45, 2.75) is 38.9 Å². The first-order valence-electron chi connectivity index (χ1n) is 5.67. The van der Waals surface area contributed by atoms with Gasteiger partial charge in [0.1, 0.15) is 5.75 Å². The first kappa shape index (κ1) is 12.3. The molecule has 1 heterocycles. The molecule has 1 fully saturated rings. The number of nitrogen functional groups attached to an aromatic ring is 1. The Morgan fingerprint density at radius 2 is 1.65 bits per heavy atom. The van der Waals surface area contributed by atoms with Crippen molar-refractivity contribution in [2.75, 3.05) is 5.73 Å². The lowest BCUT2D eigenvalue weighted by molar-refractivity contribution is 0.00578. The molecule has 0 unspecified atom stereocenters. The van der Waals surface area contributed by atoms with Gasteiger partial charge in [0.05, 0.1) is 11.2 Å². The van der Waals surface area contributed by atoms with E-state index in [0.29, 0.717) is 11.2 Å². The third-order valence-corrected chi connectivity index (χ3v) is 3.58. The molecule has 4 nitrogen and oxygen atoms in total. The van der Waals surface area contributed by atoms with Crippen LogP contribution in [-0.2, 0) is 9.31 Å².